The van der Waals surface area contributed by atoms with Crippen LogP contribution < -0.4 is 20.3 Å². The third kappa shape index (κ3) is 4.80. The van der Waals surface area contributed by atoms with Gasteiger partial charge in [-0.2, -0.15) is 5.10 Å². The number of hydrogen-bond acceptors (Lipinski definition) is 6. The lowest BCUT2D eigenvalue weighted by molar-refractivity contribution is -0.122. The molecule has 0 fully saturated rings. The summed E-state index contributed by atoms with van der Waals surface area (Å²) >= 11 is 0. The van der Waals surface area contributed by atoms with Crippen molar-refractivity contribution in [1.82, 2.24) is 15.1 Å². The number of methoxy groups -OCH3 is 3. The highest BCUT2D eigenvalue weighted by Gasteiger charge is 2.10. The molecular weight excluding hydrogens is 326 g/mol. The monoisotopic (exact) mass is 347 g/mol. The number of benzene rings is 1. The summed E-state index contributed by atoms with van der Waals surface area (Å²) in [5.41, 5.74) is 0.933. The topological polar surface area (TPSA) is 91.7 Å². The molecule has 0 bridgehead atoms. The van der Waals surface area contributed by atoms with E-state index in [9.17, 15) is 9.59 Å². The standard InChI is InChI=1S/C17H21N3O5/c1-23-9-8-18-16(21)11-20-17(22)7-5-13(19-20)12-4-6-14(24-2)15(10-12)25-3/h4-7,10H,8-9,11H2,1-3H3,(H,18,21). The first kappa shape index (κ1) is 18.5. The van der Waals surface area contributed by atoms with Crippen LogP contribution in [0.25, 0.3) is 11.3 Å². The summed E-state index contributed by atoms with van der Waals surface area (Å²) in [7, 11) is 4.64. The molecule has 1 heterocycles. The quantitative estimate of drug-likeness (QED) is 0.707. The van der Waals surface area contributed by atoms with E-state index in [0.29, 0.717) is 30.3 Å². The molecule has 1 aromatic heterocycles. The van der Waals surface area contributed by atoms with E-state index in [0.717, 1.165) is 10.2 Å². The van der Waals surface area contributed by atoms with Crippen molar-refractivity contribution in [3.8, 4) is 22.8 Å². The predicted octanol–water partition coefficient (Wildman–Crippen LogP) is 0.690. The van der Waals surface area contributed by atoms with Crippen molar-refractivity contribution in [1.29, 1.82) is 0 Å². The number of rotatable bonds is 8. The lowest BCUT2D eigenvalue weighted by atomic mass is 10.1. The molecule has 134 valence electrons. The maximum atomic E-state index is 11.9. The van der Waals surface area contributed by atoms with Crippen molar-refractivity contribution in [2.24, 2.45) is 0 Å². The number of carbonyl (C=O) groups excluding carboxylic acids is 1. The Kier molecular flexibility index (Phi) is 6.53. The van der Waals surface area contributed by atoms with Crippen LogP contribution in [0.4, 0.5) is 0 Å². The second-order valence-corrected chi connectivity index (χ2v) is 5.13. The predicted molar refractivity (Wildman–Crippen MR) is 91.9 cm³/mol. The first-order valence-electron chi connectivity index (χ1n) is 7.65. The summed E-state index contributed by atoms with van der Waals surface area (Å²) in [6.45, 7) is 0.614. The Bertz CT molecular complexity index is 788. The maximum absolute atomic E-state index is 11.9. The highest BCUT2D eigenvalue weighted by molar-refractivity contribution is 5.75. The molecule has 0 aliphatic carbocycles. The van der Waals surface area contributed by atoms with E-state index in [1.54, 1.807) is 45.6 Å². The van der Waals surface area contributed by atoms with Crippen molar-refractivity contribution < 1.29 is 19.0 Å². The van der Waals surface area contributed by atoms with Crippen molar-refractivity contribution in [3.05, 3.63) is 40.7 Å². The molecule has 0 spiro atoms. The summed E-state index contributed by atoms with van der Waals surface area (Å²) in [6.07, 6.45) is 0. The number of amides is 1. The van der Waals surface area contributed by atoms with Gasteiger partial charge in [-0.1, -0.05) is 0 Å². The van der Waals surface area contributed by atoms with Gasteiger partial charge in [-0.3, -0.25) is 9.59 Å². The first-order valence-corrected chi connectivity index (χ1v) is 7.65. The Labute approximate surface area is 145 Å². The van der Waals surface area contributed by atoms with Gasteiger partial charge in [-0.05, 0) is 24.3 Å². The summed E-state index contributed by atoms with van der Waals surface area (Å²) in [5.74, 6) is 0.838. The average molecular weight is 347 g/mol. The normalized spacial score (nSPS) is 10.4. The van der Waals surface area contributed by atoms with Gasteiger partial charge in [-0.25, -0.2) is 4.68 Å². The van der Waals surface area contributed by atoms with Crippen LogP contribution >= 0.6 is 0 Å². The molecule has 0 aliphatic rings. The van der Waals surface area contributed by atoms with Crippen LogP contribution in [0.3, 0.4) is 0 Å². The first-order chi connectivity index (χ1) is 12.1. The molecule has 8 nitrogen and oxygen atoms in total. The molecule has 25 heavy (non-hydrogen) atoms. The second-order valence-electron chi connectivity index (χ2n) is 5.13. The Morgan fingerprint density at radius 1 is 1.12 bits per heavy atom. The molecule has 0 saturated heterocycles. The highest BCUT2D eigenvalue weighted by atomic mass is 16.5. The molecule has 0 aliphatic heterocycles. The number of nitrogens with one attached hydrogen (secondary N) is 1. The number of carbonyl (C=O) groups is 1. The van der Waals surface area contributed by atoms with E-state index < -0.39 is 0 Å². The van der Waals surface area contributed by atoms with Crippen LogP contribution in [-0.2, 0) is 16.1 Å². The van der Waals surface area contributed by atoms with Gasteiger partial charge in [0.05, 0.1) is 26.5 Å². The van der Waals surface area contributed by atoms with Crippen molar-refractivity contribution in [2.45, 2.75) is 6.54 Å². The van der Waals surface area contributed by atoms with Crippen molar-refractivity contribution in [3.63, 3.8) is 0 Å². The van der Waals surface area contributed by atoms with Crippen LogP contribution in [0.2, 0.25) is 0 Å². The molecular formula is C17H21N3O5. The fraction of sp³-hybridized carbons (Fsp3) is 0.353. The largest absolute Gasteiger partial charge is 0.493 e. The van der Waals surface area contributed by atoms with Gasteiger partial charge < -0.3 is 19.5 Å². The minimum absolute atomic E-state index is 0.163. The summed E-state index contributed by atoms with van der Waals surface area (Å²) in [4.78, 5) is 23.8. The average Bonchev–Trinajstić information content (AvgIpc) is 2.63. The zero-order valence-corrected chi connectivity index (χ0v) is 14.4. The molecule has 0 atom stereocenters. The van der Waals surface area contributed by atoms with E-state index in [2.05, 4.69) is 10.4 Å². The van der Waals surface area contributed by atoms with E-state index in [1.807, 2.05) is 0 Å². The van der Waals surface area contributed by atoms with Crippen LogP contribution in [-0.4, -0.2) is 50.2 Å². The molecule has 1 aromatic carbocycles. The molecule has 0 unspecified atom stereocenters. The molecule has 0 radical (unpaired) electrons. The molecule has 8 heteroatoms. The third-order valence-electron chi connectivity index (χ3n) is 3.47. The molecule has 2 rings (SSSR count). The molecule has 1 N–H and O–H groups in total. The smallest absolute Gasteiger partial charge is 0.267 e. The lowest BCUT2D eigenvalue weighted by Gasteiger charge is -2.11. The van der Waals surface area contributed by atoms with E-state index in [4.69, 9.17) is 14.2 Å². The maximum Gasteiger partial charge on any atom is 0.267 e. The van der Waals surface area contributed by atoms with Crippen molar-refractivity contribution >= 4 is 5.91 Å². The van der Waals surface area contributed by atoms with Crippen LogP contribution in [0, 0.1) is 0 Å². The van der Waals surface area contributed by atoms with Gasteiger partial charge in [0.15, 0.2) is 11.5 Å². The lowest BCUT2D eigenvalue weighted by Crippen LogP contribution is -2.35. The fourth-order valence-electron chi connectivity index (χ4n) is 2.20. The third-order valence-corrected chi connectivity index (χ3v) is 3.47. The summed E-state index contributed by atoms with van der Waals surface area (Å²) in [5, 5.41) is 6.91. The molecule has 2 aromatic rings. The van der Waals surface area contributed by atoms with E-state index >= 15 is 0 Å². The van der Waals surface area contributed by atoms with Crippen LogP contribution in [0.5, 0.6) is 11.5 Å². The minimum Gasteiger partial charge on any atom is -0.493 e. The van der Waals surface area contributed by atoms with Crippen LogP contribution in [0.15, 0.2) is 35.1 Å². The van der Waals surface area contributed by atoms with Gasteiger partial charge in [0, 0.05) is 25.3 Å². The Morgan fingerprint density at radius 2 is 1.88 bits per heavy atom. The van der Waals surface area contributed by atoms with Gasteiger partial charge in [0.2, 0.25) is 5.91 Å². The molecule has 0 saturated carbocycles. The number of nitrogens with zero attached hydrogens (tertiary/aromatic N) is 2. The minimum atomic E-state index is -0.355. The van der Waals surface area contributed by atoms with E-state index in [-0.39, 0.29) is 18.0 Å². The fourth-order valence-corrected chi connectivity index (χ4v) is 2.20. The SMILES string of the molecule is COCCNC(=O)Cn1nc(-c2ccc(OC)c(OC)c2)ccc1=O. The summed E-state index contributed by atoms with van der Waals surface area (Å²) in [6, 6.07) is 8.29. The van der Waals surface area contributed by atoms with Gasteiger partial charge in [-0.15, -0.1) is 0 Å². The molecule has 1 amide bonds. The van der Waals surface area contributed by atoms with Crippen LogP contribution in [0.1, 0.15) is 0 Å². The van der Waals surface area contributed by atoms with Gasteiger partial charge in [0.25, 0.3) is 5.56 Å². The Hall–Kier alpha value is -2.87. The number of ether oxygens (including phenoxy) is 3. The second kappa shape index (κ2) is 8.84. The highest BCUT2D eigenvalue weighted by Crippen LogP contribution is 2.31. The number of aromatic nitrogens is 2. The summed E-state index contributed by atoms with van der Waals surface area (Å²) < 4.78 is 16.5. The Morgan fingerprint density at radius 3 is 2.56 bits per heavy atom. The Balaban J connectivity index is 2.23. The van der Waals surface area contributed by atoms with Gasteiger partial charge in [0.1, 0.15) is 6.54 Å². The number of hydrogen-bond donors (Lipinski definition) is 1. The zero-order chi connectivity index (χ0) is 18.2. The van der Waals surface area contributed by atoms with Gasteiger partial charge >= 0.3 is 0 Å². The van der Waals surface area contributed by atoms with Crippen molar-refractivity contribution in [2.75, 3.05) is 34.5 Å². The van der Waals surface area contributed by atoms with E-state index in [1.165, 1.54) is 6.07 Å². The zero-order valence-electron chi connectivity index (χ0n) is 14.4.